The van der Waals surface area contributed by atoms with Gasteiger partial charge in [0.05, 0.1) is 16.0 Å². The highest BCUT2D eigenvalue weighted by Gasteiger charge is 2.14. The molecule has 152 valence electrons. The smallest absolute Gasteiger partial charge is 0.240 e. The normalized spacial score (nSPS) is 11.3. The first-order valence-electron chi connectivity index (χ1n) is 9.26. The molecular weight excluding hydrogens is 408 g/mol. The molecule has 0 saturated carbocycles. The summed E-state index contributed by atoms with van der Waals surface area (Å²) in [7, 11) is -3.44. The summed E-state index contributed by atoms with van der Waals surface area (Å²) >= 11 is 1.30. The molecule has 9 heteroatoms. The topological polar surface area (TPSA) is 101 Å². The Kier molecular flexibility index (Phi) is 7.45. The van der Waals surface area contributed by atoms with Crippen molar-refractivity contribution in [2.75, 3.05) is 18.4 Å². The van der Waals surface area contributed by atoms with Gasteiger partial charge in [-0.2, -0.15) is 0 Å². The molecule has 1 aromatic carbocycles. The molecule has 0 spiro atoms. The molecule has 0 bridgehead atoms. The van der Waals surface area contributed by atoms with Gasteiger partial charge in [0, 0.05) is 19.3 Å². The first kappa shape index (κ1) is 21.1. The molecular formula is C20H22N4O3S2. The second-order valence-corrected chi connectivity index (χ2v) is 9.07. The summed E-state index contributed by atoms with van der Waals surface area (Å²) in [6.45, 7) is 1.10. The number of hydrogen-bond donors (Lipinski definition) is 2. The van der Waals surface area contributed by atoms with Crippen LogP contribution in [0.4, 0.5) is 5.13 Å². The number of nitrogens with one attached hydrogen (secondary N) is 2. The lowest BCUT2D eigenvalue weighted by atomic mass is 10.2. The van der Waals surface area contributed by atoms with Crippen LogP contribution >= 0.6 is 11.3 Å². The highest BCUT2D eigenvalue weighted by atomic mass is 32.2. The predicted octanol–water partition coefficient (Wildman–Crippen LogP) is 3.33. The molecule has 0 amide bonds. The maximum absolute atomic E-state index is 12.3. The van der Waals surface area contributed by atoms with Crippen molar-refractivity contribution >= 4 is 32.3 Å². The Hall–Kier alpha value is -2.62. The van der Waals surface area contributed by atoms with Crippen LogP contribution in [0.3, 0.4) is 0 Å². The number of benzene rings is 1. The maximum Gasteiger partial charge on any atom is 0.240 e. The molecule has 2 N–H and O–H groups in total. The molecule has 3 aromatic rings. The van der Waals surface area contributed by atoms with Gasteiger partial charge in [-0.1, -0.05) is 42.0 Å². The van der Waals surface area contributed by atoms with Crippen molar-refractivity contribution < 1.29 is 13.2 Å². The molecule has 7 nitrogen and oxygen atoms in total. The zero-order valence-electron chi connectivity index (χ0n) is 15.7. The van der Waals surface area contributed by atoms with Crippen LogP contribution in [0.25, 0.3) is 0 Å². The molecule has 0 fully saturated rings. The summed E-state index contributed by atoms with van der Waals surface area (Å²) in [4.78, 5) is 21.4. The Morgan fingerprint density at radius 2 is 1.69 bits per heavy atom. The SMILES string of the molecule is O=C(c1ccccn1)c1cnc(NCCCCCNS(=O)(=O)c2ccccc2)s1. The van der Waals surface area contributed by atoms with Crippen LogP contribution in [-0.2, 0) is 10.0 Å². The van der Waals surface area contributed by atoms with Crippen LogP contribution in [0.1, 0.15) is 34.6 Å². The van der Waals surface area contributed by atoms with Gasteiger partial charge in [0.2, 0.25) is 15.8 Å². The van der Waals surface area contributed by atoms with E-state index < -0.39 is 10.0 Å². The number of rotatable bonds is 11. The molecule has 2 aromatic heterocycles. The summed E-state index contributed by atoms with van der Waals surface area (Å²) in [5.74, 6) is -0.137. The summed E-state index contributed by atoms with van der Waals surface area (Å²) in [5.41, 5.74) is 0.403. The van der Waals surface area contributed by atoms with Gasteiger partial charge in [0.15, 0.2) is 5.13 Å². The van der Waals surface area contributed by atoms with E-state index >= 15 is 0 Å². The number of hydrogen-bond acceptors (Lipinski definition) is 7. The number of sulfonamides is 1. The number of unbranched alkanes of at least 4 members (excludes halogenated alkanes) is 2. The fraction of sp³-hybridized carbons (Fsp3) is 0.250. The van der Waals surface area contributed by atoms with Gasteiger partial charge >= 0.3 is 0 Å². The number of carbonyl (C=O) groups is 1. The van der Waals surface area contributed by atoms with Gasteiger partial charge < -0.3 is 5.32 Å². The Bertz CT molecular complexity index is 1020. The van der Waals surface area contributed by atoms with E-state index in [1.165, 1.54) is 11.3 Å². The summed E-state index contributed by atoms with van der Waals surface area (Å²) in [6, 6.07) is 13.6. The van der Waals surface area contributed by atoms with Crippen molar-refractivity contribution in [1.29, 1.82) is 0 Å². The van der Waals surface area contributed by atoms with Crippen molar-refractivity contribution in [3.63, 3.8) is 0 Å². The minimum absolute atomic E-state index is 0.137. The third-order valence-electron chi connectivity index (χ3n) is 4.10. The van der Waals surface area contributed by atoms with Crippen molar-refractivity contribution in [2.24, 2.45) is 0 Å². The number of ketones is 1. The molecule has 29 heavy (non-hydrogen) atoms. The Morgan fingerprint density at radius 1 is 0.931 bits per heavy atom. The second kappa shape index (κ2) is 10.2. The second-order valence-electron chi connectivity index (χ2n) is 6.27. The fourth-order valence-electron chi connectivity index (χ4n) is 2.60. The maximum atomic E-state index is 12.3. The van der Waals surface area contributed by atoms with E-state index in [0.29, 0.717) is 28.8 Å². The average molecular weight is 431 g/mol. The van der Waals surface area contributed by atoms with E-state index in [1.807, 2.05) is 0 Å². The lowest BCUT2D eigenvalue weighted by Crippen LogP contribution is -2.24. The lowest BCUT2D eigenvalue weighted by Gasteiger charge is -2.06. The van der Waals surface area contributed by atoms with Crippen molar-refractivity contribution in [1.82, 2.24) is 14.7 Å². The number of aromatic nitrogens is 2. The molecule has 0 unspecified atom stereocenters. The van der Waals surface area contributed by atoms with Gasteiger partial charge in [-0.05, 0) is 37.1 Å². The van der Waals surface area contributed by atoms with Crippen LogP contribution in [0.5, 0.6) is 0 Å². The summed E-state index contributed by atoms with van der Waals surface area (Å²) in [6.07, 6.45) is 5.64. The van der Waals surface area contributed by atoms with Crippen molar-refractivity contribution in [3.05, 3.63) is 71.5 Å². The minimum atomic E-state index is -3.44. The fourth-order valence-corrected chi connectivity index (χ4v) is 4.48. The Morgan fingerprint density at radius 3 is 2.45 bits per heavy atom. The van der Waals surface area contributed by atoms with Crippen LogP contribution in [-0.4, -0.2) is 37.3 Å². The van der Waals surface area contributed by atoms with Gasteiger partial charge in [-0.3, -0.25) is 9.78 Å². The van der Waals surface area contributed by atoms with E-state index in [4.69, 9.17) is 0 Å². The number of thiazole rings is 1. The van der Waals surface area contributed by atoms with Crippen LogP contribution in [0.15, 0.2) is 65.8 Å². The first-order valence-corrected chi connectivity index (χ1v) is 11.6. The van der Waals surface area contributed by atoms with Gasteiger partial charge in [-0.25, -0.2) is 18.1 Å². The molecule has 0 atom stereocenters. The van der Waals surface area contributed by atoms with E-state index in [0.717, 1.165) is 19.3 Å². The summed E-state index contributed by atoms with van der Waals surface area (Å²) < 4.78 is 26.8. The largest absolute Gasteiger partial charge is 0.362 e. The van der Waals surface area contributed by atoms with Crippen LogP contribution in [0, 0.1) is 0 Å². The third kappa shape index (κ3) is 6.18. The molecule has 0 saturated heterocycles. The molecule has 3 rings (SSSR count). The van der Waals surface area contributed by atoms with Crippen molar-refractivity contribution in [2.45, 2.75) is 24.2 Å². The molecule has 2 heterocycles. The van der Waals surface area contributed by atoms with Gasteiger partial charge in [-0.15, -0.1) is 0 Å². The minimum Gasteiger partial charge on any atom is -0.362 e. The van der Waals surface area contributed by atoms with Crippen LogP contribution < -0.4 is 10.0 Å². The van der Waals surface area contributed by atoms with E-state index in [1.54, 1.807) is 60.9 Å². The number of carbonyl (C=O) groups excluding carboxylic acids is 1. The third-order valence-corrected chi connectivity index (χ3v) is 6.53. The van der Waals surface area contributed by atoms with E-state index in [2.05, 4.69) is 20.0 Å². The monoisotopic (exact) mass is 430 g/mol. The lowest BCUT2D eigenvalue weighted by molar-refractivity contribution is 0.103. The number of pyridine rings is 1. The van der Waals surface area contributed by atoms with Crippen LogP contribution in [0.2, 0.25) is 0 Å². The highest BCUT2D eigenvalue weighted by molar-refractivity contribution is 7.89. The predicted molar refractivity (Wildman–Crippen MR) is 114 cm³/mol. The molecule has 0 aliphatic carbocycles. The van der Waals surface area contributed by atoms with Crippen molar-refractivity contribution in [3.8, 4) is 0 Å². The Balaban J connectivity index is 1.34. The summed E-state index contributed by atoms with van der Waals surface area (Å²) in [5, 5.41) is 3.89. The average Bonchev–Trinajstić information content (AvgIpc) is 3.22. The quantitative estimate of drug-likeness (QED) is 0.357. The van der Waals surface area contributed by atoms with Gasteiger partial charge in [0.1, 0.15) is 5.69 Å². The molecule has 0 aliphatic heterocycles. The molecule has 0 radical (unpaired) electrons. The highest BCUT2D eigenvalue weighted by Crippen LogP contribution is 2.20. The van der Waals surface area contributed by atoms with E-state index in [-0.39, 0.29) is 10.7 Å². The zero-order chi connectivity index (χ0) is 20.5. The Labute approximate surface area is 174 Å². The van der Waals surface area contributed by atoms with Gasteiger partial charge in [0.25, 0.3) is 0 Å². The van der Waals surface area contributed by atoms with E-state index in [9.17, 15) is 13.2 Å². The number of nitrogens with zero attached hydrogens (tertiary/aromatic N) is 2. The first-order chi connectivity index (χ1) is 14.1. The molecule has 0 aliphatic rings. The number of anilines is 1. The standard InChI is InChI=1S/C20H22N4O3S2/c25-19(17-11-5-8-12-21-17)18-15-23-20(28-18)22-13-6-2-7-14-24-29(26,27)16-9-3-1-4-10-16/h1,3-5,8-12,15,24H,2,6-7,13-14H2,(H,22,23). The zero-order valence-corrected chi connectivity index (χ0v) is 17.4.